The Morgan fingerprint density at radius 2 is 1.95 bits per heavy atom. The van der Waals surface area contributed by atoms with E-state index in [4.69, 9.17) is 4.52 Å². The molecule has 1 aromatic rings. The molecule has 0 atom stereocenters. The van der Waals surface area contributed by atoms with Crippen molar-refractivity contribution in [3.63, 3.8) is 0 Å². The van der Waals surface area contributed by atoms with Gasteiger partial charge in [-0.2, -0.15) is 4.98 Å². The molecule has 3 rings (SSSR count). The highest BCUT2D eigenvalue weighted by Gasteiger charge is 2.38. The number of hydrogen-bond donors (Lipinski definition) is 2. The van der Waals surface area contributed by atoms with E-state index in [-0.39, 0.29) is 0 Å². The third-order valence-electron chi connectivity index (χ3n) is 5.18. The van der Waals surface area contributed by atoms with Crippen LogP contribution >= 0.6 is 0 Å². The van der Waals surface area contributed by atoms with Crippen LogP contribution in [0.4, 0.5) is 0 Å². The Morgan fingerprint density at radius 1 is 1.24 bits per heavy atom. The molecule has 1 aliphatic heterocycles. The summed E-state index contributed by atoms with van der Waals surface area (Å²) in [5.41, 5.74) is -0.921. The minimum absolute atomic E-state index is 0.418. The Morgan fingerprint density at radius 3 is 2.62 bits per heavy atom. The molecule has 5 heteroatoms. The lowest BCUT2D eigenvalue weighted by atomic mass is 9.80. The first kappa shape index (κ1) is 15.0. The van der Waals surface area contributed by atoms with Gasteiger partial charge in [-0.05, 0) is 57.5 Å². The molecule has 2 aliphatic rings. The van der Waals surface area contributed by atoms with E-state index < -0.39 is 5.60 Å². The van der Waals surface area contributed by atoms with E-state index in [1.165, 1.54) is 25.7 Å². The summed E-state index contributed by atoms with van der Waals surface area (Å²) in [4.78, 5) is 4.54. The van der Waals surface area contributed by atoms with Crippen molar-refractivity contribution in [3.05, 3.63) is 11.7 Å². The molecule has 21 heavy (non-hydrogen) atoms. The van der Waals surface area contributed by atoms with E-state index >= 15 is 0 Å². The van der Waals surface area contributed by atoms with Gasteiger partial charge in [0.25, 0.3) is 5.89 Å². The van der Waals surface area contributed by atoms with Crippen molar-refractivity contribution in [2.24, 2.45) is 5.92 Å². The second kappa shape index (κ2) is 6.44. The molecule has 1 saturated carbocycles. The van der Waals surface area contributed by atoms with Gasteiger partial charge in [0.2, 0.25) is 0 Å². The molecule has 1 aromatic heterocycles. The Hall–Kier alpha value is -0.940. The molecule has 1 aliphatic carbocycles. The van der Waals surface area contributed by atoms with E-state index in [0.29, 0.717) is 24.7 Å². The molecule has 0 radical (unpaired) electrons. The number of aromatic nitrogens is 2. The van der Waals surface area contributed by atoms with Gasteiger partial charge in [0.15, 0.2) is 5.82 Å². The lowest BCUT2D eigenvalue weighted by Crippen LogP contribution is -2.40. The van der Waals surface area contributed by atoms with Crippen LogP contribution in [0.15, 0.2) is 4.52 Å². The molecule has 2 heterocycles. The minimum Gasteiger partial charge on any atom is -0.380 e. The smallest absolute Gasteiger partial charge is 0.258 e. The number of rotatable bonds is 4. The van der Waals surface area contributed by atoms with Gasteiger partial charge < -0.3 is 14.9 Å². The van der Waals surface area contributed by atoms with Gasteiger partial charge in [0, 0.05) is 5.92 Å². The molecular weight excluding hydrogens is 266 g/mol. The molecule has 0 bridgehead atoms. The zero-order chi connectivity index (χ0) is 14.7. The maximum atomic E-state index is 10.6. The molecule has 5 nitrogen and oxygen atoms in total. The molecular formula is C16H27N3O2. The van der Waals surface area contributed by atoms with Crippen molar-refractivity contribution in [1.29, 1.82) is 0 Å². The van der Waals surface area contributed by atoms with Crippen molar-refractivity contribution in [3.8, 4) is 0 Å². The quantitative estimate of drug-likeness (QED) is 0.893. The molecule has 0 amide bonds. The van der Waals surface area contributed by atoms with E-state index in [0.717, 1.165) is 37.7 Å². The van der Waals surface area contributed by atoms with Crippen LogP contribution in [0.2, 0.25) is 0 Å². The van der Waals surface area contributed by atoms with Crippen LogP contribution < -0.4 is 5.32 Å². The zero-order valence-corrected chi connectivity index (χ0v) is 13.0. The Labute approximate surface area is 126 Å². The fourth-order valence-electron chi connectivity index (χ4n) is 3.76. The van der Waals surface area contributed by atoms with Gasteiger partial charge in [0.05, 0.1) is 0 Å². The Kier molecular flexibility index (Phi) is 4.60. The van der Waals surface area contributed by atoms with Gasteiger partial charge in [0.1, 0.15) is 5.60 Å². The van der Waals surface area contributed by atoms with Gasteiger partial charge in [-0.1, -0.05) is 24.9 Å². The predicted octanol–water partition coefficient (Wildman–Crippen LogP) is 2.71. The standard InChI is InChI=1S/C16H27N3O2/c1-2-3-12-4-6-13(7-5-12)14-18-15(21-19-14)16(20)8-10-17-11-9-16/h12-13,17,20H,2-11H2,1H3. The fourth-order valence-corrected chi connectivity index (χ4v) is 3.76. The van der Waals surface area contributed by atoms with Crippen molar-refractivity contribution < 1.29 is 9.63 Å². The fraction of sp³-hybridized carbons (Fsp3) is 0.875. The van der Waals surface area contributed by atoms with E-state index in [1.54, 1.807) is 0 Å². The van der Waals surface area contributed by atoms with Crippen molar-refractivity contribution in [1.82, 2.24) is 15.5 Å². The Balaban J connectivity index is 1.63. The first-order valence-corrected chi connectivity index (χ1v) is 8.48. The Bertz CT molecular complexity index is 446. The summed E-state index contributed by atoms with van der Waals surface area (Å²) in [6, 6.07) is 0. The van der Waals surface area contributed by atoms with Crippen molar-refractivity contribution in [2.75, 3.05) is 13.1 Å². The lowest BCUT2D eigenvalue weighted by Gasteiger charge is -2.28. The van der Waals surface area contributed by atoms with Crippen molar-refractivity contribution in [2.45, 2.75) is 69.8 Å². The third-order valence-corrected chi connectivity index (χ3v) is 5.18. The first-order valence-electron chi connectivity index (χ1n) is 8.48. The first-order chi connectivity index (χ1) is 10.2. The summed E-state index contributed by atoms with van der Waals surface area (Å²) in [6.45, 7) is 3.87. The predicted molar refractivity (Wildman–Crippen MR) is 79.9 cm³/mol. The average molecular weight is 293 g/mol. The monoisotopic (exact) mass is 293 g/mol. The van der Waals surface area contributed by atoms with Gasteiger partial charge in [-0.3, -0.25) is 0 Å². The number of aliphatic hydroxyl groups is 1. The summed E-state index contributed by atoms with van der Waals surface area (Å²) < 4.78 is 5.40. The second-order valence-corrected chi connectivity index (χ2v) is 6.75. The highest BCUT2D eigenvalue weighted by Crippen LogP contribution is 2.37. The molecule has 1 saturated heterocycles. The number of nitrogens with one attached hydrogen (secondary N) is 1. The van der Waals surface area contributed by atoms with E-state index in [9.17, 15) is 5.11 Å². The maximum absolute atomic E-state index is 10.6. The van der Waals surface area contributed by atoms with Gasteiger partial charge in [-0.25, -0.2) is 0 Å². The van der Waals surface area contributed by atoms with Crippen LogP contribution in [0, 0.1) is 5.92 Å². The molecule has 2 N–H and O–H groups in total. The maximum Gasteiger partial charge on any atom is 0.258 e. The highest BCUT2D eigenvalue weighted by molar-refractivity contribution is 5.04. The number of nitrogens with zero attached hydrogens (tertiary/aromatic N) is 2. The van der Waals surface area contributed by atoms with Crippen LogP contribution in [0.3, 0.4) is 0 Å². The topological polar surface area (TPSA) is 71.2 Å². The molecule has 118 valence electrons. The van der Waals surface area contributed by atoms with Gasteiger partial charge in [-0.15, -0.1) is 0 Å². The van der Waals surface area contributed by atoms with Crippen LogP contribution in [-0.2, 0) is 5.60 Å². The van der Waals surface area contributed by atoms with E-state index in [1.807, 2.05) is 0 Å². The average Bonchev–Trinajstić information content (AvgIpc) is 3.00. The zero-order valence-electron chi connectivity index (χ0n) is 13.0. The summed E-state index contributed by atoms with van der Waals surface area (Å²) >= 11 is 0. The molecule has 0 unspecified atom stereocenters. The molecule has 0 spiro atoms. The molecule has 0 aromatic carbocycles. The third kappa shape index (κ3) is 3.29. The van der Waals surface area contributed by atoms with Crippen LogP contribution in [0.5, 0.6) is 0 Å². The van der Waals surface area contributed by atoms with Crippen molar-refractivity contribution >= 4 is 0 Å². The van der Waals surface area contributed by atoms with Crippen LogP contribution in [-0.4, -0.2) is 28.3 Å². The minimum atomic E-state index is -0.921. The second-order valence-electron chi connectivity index (χ2n) is 6.75. The number of hydrogen-bond acceptors (Lipinski definition) is 5. The summed E-state index contributed by atoms with van der Waals surface area (Å²) in [5.74, 6) is 2.54. The summed E-state index contributed by atoms with van der Waals surface area (Å²) in [5, 5.41) is 18.0. The highest BCUT2D eigenvalue weighted by atomic mass is 16.5. The SMILES string of the molecule is CCCC1CCC(c2noc(C3(O)CCNCC3)n2)CC1. The largest absolute Gasteiger partial charge is 0.380 e. The number of piperidine rings is 1. The summed E-state index contributed by atoms with van der Waals surface area (Å²) in [6.07, 6.45) is 8.79. The lowest BCUT2D eigenvalue weighted by molar-refractivity contribution is -0.0228. The van der Waals surface area contributed by atoms with E-state index in [2.05, 4.69) is 22.4 Å². The molecule has 2 fully saturated rings. The van der Waals surface area contributed by atoms with Gasteiger partial charge >= 0.3 is 0 Å². The van der Waals surface area contributed by atoms with Crippen LogP contribution in [0.25, 0.3) is 0 Å². The summed E-state index contributed by atoms with van der Waals surface area (Å²) in [7, 11) is 0. The van der Waals surface area contributed by atoms with Crippen LogP contribution in [0.1, 0.15) is 75.9 Å². The normalized spacial score (nSPS) is 29.4.